The zero-order chi connectivity index (χ0) is 18.8. The van der Waals surface area contributed by atoms with Crippen LogP contribution in [0.1, 0.15) is 13.3 Å². The summed E-state index contributed by atoms with van der Waals surface area (Å²) >= 11 is 0. The third-order valence-electron chi connectivity index (χ3n) is 3.58. The van der Waals surface area contributed by atoms with Crippen LogP contribution in [-0.4, -0.2) is 35.9 Å². The quantitative estimate of drug-likeness (QED) is 0.556. The number of rotatable bonds is 10. The number of carbonyl (C=O) groups excluding carboxylic acids is 1. The Morgan fingerprint density at radius 2 is 1.69 bits per heavy atom. The van der Waals surface area contributed by atoms with Gasteiger partial charge < -0.3 is 14.9 Å². The van der Waals surface area contributed by atoms with Crippen LogP contribution < -0.4 is 20.5 Å². The van der Waals surface area contributed by atoms with E-state index in [2.05, 4.69) is 10.6 Å². The highest BCUT2D eigenvalue weighted by Gasteiger charge is 2.18. The van der Waals surface area contributed by atoms with Crippen molar-refractivity contribution in [1.29, 1.82) is 0 Å². The fourth-order valence-electron chi connectivity index (χ4n) is 2.14. The number of carboxylic acids is 1. The van der Waals surface area contributed by atoms with Gasteiger partial charge in [0.2, 0.25) is 5.91 Å². The van der Waals surface area contributed by atoms with Crippen molar-refractivity contribution in [3.05, 3.63) is 60.7 Å². The second kappa shape index (κ2) is 10.5. The van der Waals surface area contributed by atoms with E-state index in [0.717, 1.165) is 11.1 Å². The molecule has 138 valence electrons. The first-order chi connectivity index (χ1) is 12.6. The van der Waals surface area contributed by atoms with Gasteiger partial charge in [-0.05, 0) is 19.1 Å². The Labute approximate surface area is 154 Å². The SMILES string of the molecule is C[C@H](NCP(Oc1ccccc1)c1ccccc1)C(=O)NCCC(=O)O. The van der Waals surface area contributed by atoms with Gasteiger partial charge in [0.1, 0.15) is 13.9 Å². The summed E-state index contributed by atoms with van der Waals surface area (Å²) in [5.74, 6) is -0.383. The van der Waals surface area contributed by atoms with E-state index in [9.17, 15) is 9.59 Å². The summed E-state index contributed by atoms with van der Waals surface area (Å²) in [5.41, 5.74) is 0. The van der Waals surface area contributed by atoms with Gasteiger partial charge in [-0.3, -0.25) is 14.9 Å². The molecule has 0 aromatic heterocycles. The predicted octanol–water partition coefficient (Wildman–Crippen LogP) is 2.31. The maximum absolute atomic E-state index is 12.0. The average Bonchev–Trinajstić information content (AvgIpc) is 2.66. The second-order valence-corrected chi connectivity index (χ2v) is 7.41. The van der Waals surface area contributed by atoms with Crippen molar-refractivity contribution in [2.45, 2.75) is 19.4 Å². The van der Waals surface area contributed by atoms with Crippen molar-refractivity contribution in [3.63, 3.8) is 0 Å². The minimum atomic E-state index is -0.998. The lowest BCUT2D eigenvalue weighted by molar-refractivity contribution is -0.136. The van der Waals surface area contributed by atoms with Gasteiger partial charge in [0.25, 0.3) is 0 Å². The normalized spacial score (nSPS) is 12.8. The van der Waals surface area contributed by atoms with Crippen LogP contribution in [-0.2, 0) is 9.59 Å². The number of benzene rings is 2. The molecule has 0 heterocycles. The van der Waals surface area contributed by atoms with Gasteiger partial charge in [-0.25, -0.2) is 0 Å². The molecule has 0 spiro atoms. The number of amides is 1. The van der Waals surface area contributed by atoms with Crippen molar-refractivity contribution in [3.8, 4) is 5.75 Å². The molecule has 0 aliphatic rings. The molecule has 7 heteroatoms. The largest absolute Gasteiger partial charge is 0.481 e. The number of carboxylic acid groups (broad SMARTS) is 1. The number of nitrogens with one attached hydrogen (secondary N) is 2. The molecule has 0 saturated heterocycles. The minimum Gasteiger partial charge on any atom is -0.481 e. The average molecular weight is 374 g/mol. The lowest BCUT2D eigenvalue weighted by Crippen LogP contribution is -2.43. The summed E-state index contributed by atoms with van der Waals surface area (Å²) in [6, 6.07) is 19.0. The van der Waals surface area contributed by atoms with Gasteiger partial charge in [0.15, 0.2) is 0 Å². The summed E-state index contributed by atoms with van der Waals surface area (Å²) in [6.07, 6.45) is 0.411. The number of aliphatic carboxylic acids is 1. The molecule has 1 amide bonds. The fourth-order valence-corrected chi connectivity index (χ4v) is 3.81. The Morgan fingerprint density at radius 1 is 1.08 bits per heavy atom. The zero-order valence-electron chi connectivity index (χ0n) is 14.6. The molecule has 0 bridgehead atoms. The van der Waals surface area contributed by atoms with Crippen molar-refractivity contribution in [2.75, 3.05) is 12.8 Å². The van der Waals surface area contributed by atoms with Crippen LogP contribution >= 0.6 is 8.15 Å². The molecule has 2 aromatic rings. The van der Waals surface area contributed by atoms with E-state index in [0.29, 0.717) is 6.29 Å². The molecule has 0 radical (unpaired) electrons. The van der Waals surface area contributed by atoms with Gasteiger partial charge in [0, 0.05) is 11.8 Å². The second-order valence-electron chi connectivity index (χ2n) is 5.64. The van der Waals surface area contributed by atoms with E-state index in [4.69, 9.17) is 9.63 Å². The molecule has 2 atom stereocenters. The molecular formula is C19H23N2O4P. The molecular weight excluding hydrogens is 351 g/mol. The van der Waals surface area contributed by atoms with E-state index < -0.39 is 20.2 Å². The highest BCUT2D eigenvalue weighted by molar-refractivity contribution is 7.61. The van der Waals surface area contributed by atoms with Crippen molar-refractivity contribution in [1.82, 2.24) is 10.6 Å². The Hall–Kier alpha value is -2.43. The molecule has 3 N–H and O–H groups in total. The molecule has 6 nitrogen and oxygen atoms in total. The summed E-state index contributed by atoms with van der Waals surface area (Å²) in [7, 11) is -0.998. The van der Waals surface area contributed by atoms with Gasteiger partial charge in [0.05, 0.1) is 18.7 Å². The van der Waals surface area contributed by atoms with Crippen LogP contribution in [0.3, 0.4) is 0 Å². The van der Waals surface area contributed by atoms with Crippen molar-refractivity contribution < 1.29 is 19.2 Å². The molecule has 0 aliphatic heterocycles. The van der Waals surface area contributed by atoms with Crippen LogP contribution in [0.2, 0.25) is 0 Å². The molecule has 0 fully saturated rings. The van der Waals surface area contributed by atoms with Gasteiger partial charge in [-0.15, -0.1) is 0 Å². The summed E-state index contributed by atoms with van der Waals surface area (Å²) in [5, 5.41) is 15.5. The third kappa shape index (κ3) is 6.82. The highest BCUT2D eigenvalue weighted by atomic mass is 31.1. The Morgan fingerprint density at radius 3 is 2.31 bits per heavy atom. The lowest BCUT2D eigenvalue weighted by atomic mass is 10.3. The van der Waals surface area contributed by atoms with Crippen LogP contribution in [0.4, 0.5) is 0 Å². The molecule has 0 saturated carbocycles. The summed E-state index contributed by atoms with van der Waals surface area (Å²) in [6.45, 7) is 1.87. The van der Waals surface area contributed by atoms with E-state index in [1.165, 1.54) is 0 Å². The number of para-hydroxylation sites is 1. The first-order valence-electron chi connectivity index (χ1n) is 8.35. The molecule has 2 aromatic carbocycles. The predicted molar refractivity (Wildman–Crippen MR) is 103 cm³/mol. The number of hydrogen-bond acceptors (Lipinski definition) is 4. The molecule has 0 aliphatic carbocycles. The van der Waals surface area contributed by atoms with Gasteiger partial charge >= 0.3 is 5.97 Å². The van der Waals surface area contributed by atoms with E-state index >= 15 is 0 Å². The maximum Gasteiger partial charge on any atom is 0.305 e. The fraction of sp³-hybridized carbons (Fsp3) is 0.263. The molecule has 26 heavy (non-hydrogen) atoms. The van der Waals surface area contributed by atoms with E-state index in [1.54, 1.807) is 6.92 Å². The molecule has 1 unspecified atom stereocenters. The molecule has 2 rings (SSSR count). The Bertz CT molecular complexity index is 697. The Balaban J connectivity index is 1.94. The lowest BCUT2D eigenvalue weighted by Gasteiger charge is -2.21. The number of hydrogen-bond donors (Lipinski definition) is 3. The standard InChI is InChI=1S/C19H23N2O4P/c1-15(19(24)20-13-12-18(22)23)21-14-26(17-10-6-3-7-11-17)25-16-8-4-2-5-9-16/h2-11,15,21H,12-14H2,1H3,(H,20,24)(H,22,23)/t15-,26?/m0/s1. The summed E-state index contributed by atoms with van der Waals surface area (Å²) in [4.78, 5) is 22.5. The topological polar surface area (TPSA) is 87.7 Å². The Kier molecular flexibility index (Phi) is 8.06. The van der Waals surface area contributed by atoms with Gasteiger partial charge in [-0.1, -0.05) is 48.5 Å². The van der Waals surface area contributed by atoms with Gasteiger partial charge in [-0.2, -0.15) is 0 Å². The first kappa shape index (κ1) is 19.9. The monoisotopic (exact) mass is 374 g/mol. The third-order valence-corrected chi connectivity index (χ3v) is 5.35. The summed E-state index contributed by atoms with van der Waals surface area (Å²) < 4.78 is 6.14. The minimum absolute atomic E-state index is 0.0910. The van der Waals surface area contributed by atoms with E-state index in [1.807, 2.05) is 60.7 Å². The van der Waals surface area contributed by atoms with Crippen LogP contribution in [0, 0.1) is 0 Å². The van der Waals surface area contributed by atoms with Crippen LogP contribution in [0.25, 0.3) is 0 Å². The van der Waals surface area contributed by atoms with E-state index in [-0.39, 0.29) is 18.9 Å². The maximum atomic E-state index is 12.0. The highest BCUT2D eigenvalue weighted by Crippen LogP contribution is 2.36. The number of carbonyl (C=O) groups is 2. The van der Waals surface area contributed by atoms with Crippen LogP contribution in [0.15, 0.2) is 60.7 Å². The van der Waals surface area contributed by atoms with Crippen molar-refractivity contribution in [2.24, 2.45) is 0 Å². The van der Waals surface area contributed by atoms with Crippen molar-refractivity contribution >= 4 is 25.3 Å². The zero-order valence-corrected chi connectivity index (χ0v) is 15.5. The smallest absolute Gasteiger partial charge is 0.305 e. The van der Waals surface area contributed by atoms with Crippen LogP contribution in [0.5, 0.6) is 5.75 Å². The first-order valence-corrected chi connectivity index (χ1v) is 9.79.